The molecule has 0 aliphatic carbocycles. The van der Waals surface area contributed by atoms with Crippen LogP contribution in [0.25, 0.3) is 0 Å². The zero-order chi connectivity index (χ0) is 11.5. The van der Waals surface area contributed by atoms with Crippen molar-refractivity contribution in [3.8, 4) is 0 Å². The first-order valence-corrected chi connectivity index (χ1v) is 4.24. The number of aliphatic hydroxyl groups is 1. The van der Waals surface area contributed by atoms with Crippen LogP contribution in [0.15, 0.2) is 18.2 Å². The molecule has 1 aromatic carbocycles. The number of halogens is 3. The van der Waals surface area contributed by atoms with E-state index in [0.29, 0.717) is 11.8 Å². The standard InChI is InChI=1S/C10H9F3O2/c11-10(12,13)9-4-7(1-2-14)3-8(5-9)6-15/h3-6,14H,1-2H2. The molecule has 2 nitrogen and oxygen atoms in total. The first-order chi connectivity index (χ1) is 6.97. The van der Waals surface area contributed by atoms with Gasteiger partial charge in [0, 0.05) is 12.2 Å². The maximum absolute atomic E-state index is 12.3. The summed E-state index contributed by atoms with van der Waals surface area (Å²) >= 11 is 0. The third-order valence-corrected chi connectivity index (χ3v) is 1.88. The van der Waals surface area contributed by atoms with E-state index in [0.717, 1.165) is 12.1 Å². The van der Waals surface area contributed by atoms with Gasteiger partial charge < -0.3 is 5.11 Å². The molecule has 0 atom stereocenters. The number of hydrogen-bond acceptors (Lipinski definition) is 2. The number of carbonyl (C=O) groups is 1. The minimum atomic E-state index is -4.47. The molecular weight excluding hydrogens is 209 g/mol. The lowest BCUT2D eigenvalue weighted by molar-refractivity contribution is -0.137. The second kappa shape index (κ2) is 4.44. The van der Waals surface area contributed by atoms with Crippen LogP contribution in [0.4, 0.5) is 13.2 Å². The topological polar surface area (TPSA) is 37.3 Å². The van der Waals surface area contributed by atoms with E-state index < -0.39 is 11.7 Å². The molecule has 15 heavy (non-hydrogen) atoms. The molecular formula is C10H9F3O2. The van der Waals surface area contributed by atoms with Crippen molar-refractivity contribution in [1.29, 1.82) is 0 Å². The summed E-state index contributed by atoms with van der Waals surface area (Å²) in [5.41, 5.74) is -0.599. The normalized spacial score (nSPS) is 11.5. The summed E-state index contributed by atoms with van der Waals surface area (Å²) in [6.07, 6.45) is -4.01. The molecule has 0 bridgehead atoms. The largest absolute Gasteiger partial charge is 0.416 e. The van der Waals surface area contributed by atoms with Crippen molar-refractivity contribution >= 4 is 6.29 Å². The molecule has 0 fully saturated rings. The number of hydrogen-bond donors (Lipinski definition) is 1. The summed E-state index contributed by atoms with van der Waals surface area (Å²) in [6, 6.07) is 3.05. The van der Waals surface area contributed by atoms with Gasteiger partial charge in [0.25, 0.3) is 0 Å². The van der Waals surface area contributed by atoms with Crippen molar-refractivity contribution in [2.24, 2.45) is 0 Å². The minimum Gasteiger partial charge on any atom is -0.396 e. The van der Waals surface area contributed by atoms with Crippen molar-refractivity contribution in [2.45, 2.75) is 12.6 Å². The second-order valence-electron chi connectivity index (χ2n) is 3.05. The van der Waals surface area contributed by atoms with Gasteiger partial charge in [0.2, 0.25) is 0 Å². The van der Waals surface area contributed by atoms with Gasteiger partial charge in [-0.05, 0) is 30.2 Å². The van der Waals surface area contributed by atoms with Gasteiger partial charge in [-0.1, -0.05) is 0 Å². The molecule has 0 aliphatic heterocycles. The fourth-order valence-electron chi connectivity index (χ4n) is 1.22. The fourth-order valence-corrected chi connectivity index (χ4v) is 1.22. The molecule has 0 amide bonds. The maximum Gasteiger partial charge on any atom is 0.416 e. The number of alkyl halides is 3. The van der Waals surface area contributed by atoms with Gasteiger partial charge in [-0.15, -0.1) is 0 Å². The Hall–Kier alpha value is -1.36. The summed E-state index contributed by atoms with van der Waals surface area (Å²) in [7, 11) is 0. The van der Waals surface area contributed by atoms with Gasteiger partial charge in [0.1, 0.15) is 6.29 Å². The molecule has 0 heterocycles. The summed E-state index contributed by atoms with van der Waals surface area (Å²) < 4.78 is 37.0. The van der Waals surface area contributed by atoms with E-state index in [1.54, 1.807) is 0 Å². The van der Waals surface area contributed by atoms with Crippen LogP contribution in [-0.2, 0) is 12.6 Å². The molecule has 82 valence electrons. The summed E-state index contributed by atoms with van der Waals surface area (Å²) in [5.74, 6) is 0. The lowest BCUT2D eigenvalue weighted by atomic mass is 10.0. The lowest BCUT2D eigenvalue weighted by Crippen LogP contribution is -2.07. The van der Waals surface area contributed by atoms with Crippen molar-refractivity contribution < 1.29 is 23.1 Å². The SMILES string of the molecule is O=Cc1cc(CCO)cc(C(F)(F)F)c1. The van der Waals surface area contributed by atoms with Crippen molar-refractivity contribution in [1.82, 2.24) is 0 Å². The molecule has 0 aliphatic rings. The Morgan fingerprint density at radius 3 is 2.40 bits per heavy atom. The Morgan fingerprint density at radius 1 is 1.27 bits per heavy atom. The highest BCUT2D eigenvalue weighted by Crippen LogP contribution is 2.30. The van der Waals surface area contributed by atoms with Gasteiger partial charge in [-0.3, -0.25) is 4.79 Å². The molecule has 0 aromatic heterocycles. The lowest BCUT2D eigenvalue weighted by Gasteiger charge is -2.09. The van der Waals surface area contributed by atoms with Gasteiger partial charge in [0.05, 0.1) is 5.56 Å². The van der Waals surface area contributed by atoms with Crippen LogP contribution in [0, 0.1) is 0 Å². The molecule has 0 saturated carbocycles. The summed E-state index contributed by atoms with van der Waals surface area (Å²) in [4.78, 5) is 10.4. The van der Waals surface area contributed by atoms with Crippen LogP contribution in [0.2, 0.25) is 0 Å². The van der Waals surface area contributed by atoms with E-state index in [-0.39, 0.29) is 18.6 Å². The number of rotatable bonds is 3. The zero-order valence-corrected chi connectivity index (χ0v) is 7.71. The average Bonchev–Trinajstić information content (AvgIpc) is 2.16. The van der Waals surface area contributed by atoms with Gasteiger partial charge >= 0.3 is 6.18 Å². The van der Waals surface area contributed by atoms with E-state index in [1.165, 1.54) is 6.07 Å². The molecule has 0 unspecified atom stereocenters. The fraction of sp³-hybridized carbons (Fsp3) is 0.300. The Balaban J connectivity index is 3.17. The van der Waals surface area contributed by atoms with Crippen LogP contribution in [0.1, 0.15) is 21.5 Å². The number of aldehydes is 1. The van der Waals surface area contributed by atoms with Crippen molar-refractivity contribution in [3.05, 3.63) is 34.9 Å². The van der Waals surface area contributed by atoms with Crippen molar-refractivity contribution in [3.63, 3.8) is 0 Å². The van der Waals surface area contributed by atoms with Gasteiger partial charge in [-0.2, -0.15) is 13.2 Å². The Labute approximate surface area is 84.3 Å². The first kappa shape index (κ1) is 11.7. The number of benzene rings is 1. The highest BCUT2D eigenvalue weighted by Gasteiger charge is 2.31. The molecule has 0 saturated heterocycles. The molecule has 5 heteroatoms. The van der Waals surface area contributed by atoms with E-state index in [1.807, 2.05) is 0 Å². The molecule has 1 rings (SSSR count). The second-order valence-corrected chi connectivity index (χ2v) is 3.05. The maximum atomic E-state index is 12.3. The Kier molecular flexibility index (Phi) is 3.47. The number of carbonyl (C=O) groups excluding carboxylic acids is 1. The van der Waals surface area contributed by atoms with E-state index in [9.17, 15) is 18.0 Å². The van der Waals surface area contributed by atoms with E-state index >= 15 is 0 Å². The summed E-state index contributed by atoms with van der Waals surface area (Å²) in [5, 5.41) is 8.61. The van der Waals surface area contributed by atoms with Crippen LogP contribution >= 0.6 is 0 Å². The molecule has 1 N–H and O–H groups in total. The third-order valence-electron chi connectivity index (χ3n) is 1.88. The van der Waals surface area contributed by atoms with Crippen LogP contribution in [0.5, 0.6) is 0 Å². The highest BCUT2D eigenvalue weighted by molar-refractivity contribution is 5.75. The average molecular weight is 218 g/mol. The quantitative estimate of drug-likeness (QED) is 0.788. The number of aliphatic hydroxyl groups excluding tert-OH is 1. The van der Waals surface area contributed by atoms with Crippen molar-refractivity contribution in [2.75, 3.05) is 6.61 Å². The van der Waals surface area contributed by atoms with E-state index in [4.69, 9.17) is 5.11 Å². The smallest absolute Gasteiger partial charge is 0.396 e. The Morgan fingerprint density at radius 2 is 1.93 bits per heavy atom. The van der Waals surface area contributed by atoms with Crippen LogP contribution < -0.4 is 0 Å². The monoisotopic (exact) mass is 218 g/mol. The predicted molar refractivity (Wildman–Crippen MR) is 47.6 cm³/mol. The molecule has 0 spiro atoms. The Bertz CT molecular complexity index is 358. The zero-order valence-electron chi connectivity index (χ0n) is 7.71. The van der Waals surface area contributed by atoms with Crippen LogP contribution in [-0.4, -0.2) is 18.0 Å². The van der Waals surface area contributed by atoms with Crippen LogP contribution in [0.3, 0.4) is 0 Å². The summed E-state index contributed by atoms with van der Waals surface area (Å²) in [6.45, 7) is -0.250. The highest BCUT2D eigenvalue weighted by atomic mass is 19.4. The van der Waals surface area contributed by atoms with Gasteiger partial charge in [-0.25, -0.2) is 0 Å². The van der Waals surface area contributed by atoms with Gasteiger partial charge in [0.15, 0.2) is 0 Å². The molecule has 1 aromatic rings. The predicted octanol–water partition coefficient (Wildman–Crippen LogP) is 2.05. The minimum absolute atomic E-state index is 0.0340. The van der Waals surface area contributed by atoms with E-state index in [2.05, 4.69) is 0 Å². The first-order valence-electron chi connectivity index (χ1n) is 4.24. The molecule has 0 radical (unpaired) electrons. The third kappa shape index (κ3) is 3.06.